The third-order valence-corrected chi connectivity index (χ3v) is 6.27. The number of anilines is 2. The number of nitrogens with zero attached hydrogens (tertiary/aromatic N) is 1. The quantitative estimate of drug-likeness (QED) is 0.458. The monoisotopic (exact) mass is 432 g/mol. The molecule has 166 valence electrons. The van der Waals surface area contributed by atoms with Crippen molar-refractivity contribution in [1.82, 2.24) is 16.0 Å². The lowest BCUT2D eigenvalue weighted by Crippen LogP contribution is -2.42. The van der Waals surface area contributed by atoms with Gasteiger partial charge in [-0.05, 0) is 73.6 Å². The average molecular weight is 433 g/mol. The SMILES string of the molecule is NCC1(NC(=O)c2cccc(Nc3ccc(C(=O)N=C4NCCN4)cc3C3CC3)c2)CC1. The van der Waals surface area contributed by atoms with Crippen molar-refractivity contribution in [2.45, 2.75) is 37.1 Å². The maximum absolute atomic E-state index is 12.7. The normalized spacial score (nSPS) is 18.3. The van der Waals surface area contributed by atoms with Crippen molar-refractivity contribution in [3.63, 3.8) is 0 Å². The van der Waals surface area contributed by atoms with Gasteiger partial charge in [-0.25, -0.2) is 0 Å². The third-order valence-electron chi connectivity index (χ3n) is 6.27. The van der Waals surface area contributed by atoms with Crippen molar-refractivity contribution in [2.24, 2.45) is 10.7 Å². The van der Waals surface area contributed by atoms with Crippen LogP contribution in [0.5, 0.6) is 0 Å². The number of carbonyl (C=O) groups is 2. The summed E-state index contributed by atoms with van der Waals surface area (Å²) >= 11 is 0. The zero-order valence-electron chi connectivity index (χ0n) is 17.9. The molecule has 0 radical (unpaired) electrons. The Morgan fingerprint density at radius 1 is 1.06 bits per heavy atom. The molecule has 8 heteroatoms. The second-order valence-corrected chi connectivity index (χ2v) is 8.84. The maximum atomic E-state index is 12.7. The molecular formula is C24H28N6O2. The first kappa shape index (κ1) is 20.5. The molecule has 0 unspecified atom stereocenters. The minimum Gasteiger partial charge on any atom is -0.355 e. The smallest absolute Gasteiger partial charge is 0.280 e. The highest BCUT2D eigenvalue weighted by molar-refractivity contribution is 6.03. The van der Waals surface area contributed by atoms with E-state index in [1.807, 2.05) is 30.3 Å². The first-order valence-corrected chi connectivity index (χ1v) is 11.2. The summed E-state index contributed by atoms with van der Waals surface area (Å²) in [5, 5.41) is 12.6. The van der Waals surface area contributed by atoms with Gasteiger partial charge in [0.15, 0.2) is 5.96 Å². The number of carbonyl (C=O) groups excluding carboxylic acids is 2. The van der Waals surface area contributed by atoms with Crippen LogP contribution in [-0.4, -0.2) is 42.9 Å². The fourth-order valence-corrected chi connectivity index (χ4v) is 3.95. The van der Waals surface area contributed by atoms with Crippen LogP contribution in [0.3, 0.4) is 0 Å². The second kappa shape index (κ2) is 8.27. The van der Waals surface area contributed by atoms with E-state index in [0.29, 0.717) is 29.5 Å². The molecule has 3 aliphatic rings. The van der Waals surface area contributed by atoms with E-state index >= 15 is 0 Å². The molecule has 0 atom stereocenters. The molecule has 2 aromatic rings. The van der Waals surface area contributed by atoms with Gasteiger partial charge in [0, 0.05) is 42.1 Å². The van der Waals surface area contributed by atoms with Crippen LogP contribution >= 0.6 is 0 Å². The number of guanidine groups is 1. The van der Waals surface area contributed by atoms with Crippen LogP contribution in [0.25, 0.3) is 0 Å². The lowest BCUT2D eigenvalue weighted by atomic mass is 10.0. The van der Waals surface area contributed by atoms with Gasteiger partial charge >= 0.3 is 0 Å². The molecule has 3 fully saturated rings. The minimum absolute atomic E-state index is 0.104. The molecule has 2 aliphatic carbocycles. The van der Waals surface area contributed by atoms with Crippen molar-refractivity contribution >= 4 is 29.1 Å². The number of aliphatic imine (C=N–C) groups is 1. The Balaban J connectivity index is 1.34. The molecule has 2 saturated carbocycles. The van der Waals surface area contributed by atoms with E-state index in [1.54, 1.807) is 12.1 Å². The summed E-state index contributed by atoms with van der Waals surface area (Å²) in [6.45, 7) is 2.00. The number of amides is 2. The molecule has 1 aliphatic heterocycles. The summed E-state index contributed by atoms with van der Waals surface area (Å²) in [4.78, 5) is 29.4. The van der Waals surface area contributed by atoms with E-state index < -0.39 is 0 Å². The number of nitrogens with one attached hydrogen (secondary N) is 4. The molecule has 8 nitrogen and oxygen atoms in total. The fraction of sp³-hybridized carbons (Fsp3) is 0.375. The van der Waals surface area contributed by atoms with Gasteiger partial charge in [-0.2, -0.15) is 4.99 Å². The summed E-state index contributed by atoms with van der Waals surface area (Å²) in [7, 11) is 0. The van der Waals surface area contributed by atoms with E-state index in [4.69, 9.17) is 5.73 Å². The Morgan fingerprint density at radius 3 is 2.53 bits per heavy atom. The predicted molar refractivity (Wildman–Crippen MR) is 124 cm³/mol. The largest absolute Gasteiger partial charge is 0.355 e. The van der Waals surface area contributed by atoms with E-state index in [9.17, 15) is 9.59 Å². The van der Waals surface area contributed by atoms with Crippen molar-refractivity contribution in [3.8, 4) is 0 Å². The summed E-state index contributed by atoms with van der Waals surface area (Å²) in [5.41, 5.74) is 9.63. The lowest BCUT2D eigenvalue weighted by Gasteiger charge is -2.16. The number of hydrogen-bond acceptors (Lipinski definition) is 4. The van der Waals surface area contributed by atoms with E-state index in [2.05, 4.69) is 26.3 Å². The number of nitrogens with two attached hydrogens (primary N) is 1. The molecule has 1 heterocycles. The highest BCUT2D eigenvalue weighted by atomic mass is 16.2. The average Bonchev–Trinajstić information content (AvgIpc) is 3.73. The van der Waals surface area contributed by atoms with Gasteiger partial charge in [0.1, 0.15) is 0 Å². The highest BCUT2D eigenvalue weighted by Crippen LogP contribution is 2.44. The zero-order valence-corrected chi connectivity index (χ0v) is 17.9. The van der Waals surface area contributed by atoms with Gasteiger partial charge in [0.25, 0.3) is 11.8 Å². The van der Waals surface area contributed by atoms with E-state index in [1.165, 1.54) is 0 Å². The van der Waals surface area contributed by atoms with Crippen LogP contribution in [-0.2, 0) is 0 Å². The number of benzene rings is 2. The first-order valence-electron chi connectivity index (χ1n) is 11.2. The molecule has 2 amide bonds. The van der Waals surface area contributed by atoms with E-state index in [-0.39, 0.29) is 17.4 Å². The van der Waals surface area contributed by atoms with Crippen LogP contribution < -0.4 is 27.0 Å². The standard InChI is InChI=1S/C24H28N6O2/c25-14-24(8-9-24)30-22(32)16-2-1-3-18(12-16)28-20-7-6-17(13-19(20)15-4-5-15)21(31)29-23-26-10-11-27-23/h1-3,6-7,12-13,15,28H,4-5,8-11,14,25H2,(H,30,32)(H2,26,27,29,31). The molecule has 1 saturated heterocycles. The third kappa shape index (κ3) is 4.45. The summed E-state index contributed by atoms with van der Waals surface area (Å²) in [6, 6.07) is 13.1. The van der Waals surface area contributed by atoms with Crippen molar-refractivity contribution in [1.29, 1.82) is 0 Å². The van der Waals surface area contributed by atoms with Gasteiger partial charge in [-0.1, -0.05) is 6.07 Å². The molecule has 0 bridgehead atoms. The Kier molecular flexibility index (Phi) is 5.30. The van der Waals surface area contributed by atoms with Gasteiger partial charge < -0.3 is 27.0 Å². The first-order chi connectivity index (χ1) is 15.5. The van der Waals surface area contributed by atoms with Crippen LogP contribution in [0, 0.1) is 0 Å². The molecule has 0 spiro atoms. The minimum atomic E-state index is -0.261. The van der Waals surface area contributed by atoms with Crippen LogP contribution in [0.1, 0.15) is 57.9 Å². The van der Waals surface area contributed by atoms with Crippen LogP contribution in [0.15, 0.2) is 47.5 Å². The van der Waals surface area contributed by atoms with Gasteiger partial charge in [-0.15, -0.1) is 0 Å². The second-order valence-electron chi connectivity index (χ2n) is 8.84. The Labute approximate surface area is 187 Å². The topological polar surface area (TPSA) is 121 Å². The van der Waals surface area contributed by atoms with Gasteiger partial charge in [0.2, 0.25) is 0 Å². The lowest BCUT2D eigenvalue weighted by molar-refractivity contribution is 0.0932. The molecule has 32 heavy (non-hydrogen) atoms. The van der Waals surface area contributed by atoms with Gasteiger partial charge in [0.05, 0.1) is 5.54 Å². The van der Waals surface area contributed by atoms with Crippen molar-refractivity contribution in [2.75, 3.05) is 25.0 Å². The molecule has 0 aromatic heterocycles. The van der Waals surface area contributed by atoms with Crippen molar-refractivity contribution in [3.05, 3.63) is 59.2 Å². The van der Waals surface area contributed by atoms with Crippen molar-refractivity contribution < 1.29 is 9.59 Å². The maximum Gasteiger partial charge on any atom is 0.280 e. The fourth-order valence-electron chi connectivity index (χ4n) is 3.95. The highest BCUT2D eigenvalue weighted by Gasteiger charge is 2.42. The number of rotatable bonds is 7. The van der Waals surface area contributed by atoms with Crippen LogP contribution in [0.4, 0.5) is 11.4 Å². The molecule has 2 aromatic carbocycles. The predicted octanol–water partition coefficient (Wildman–Crippen LogP) is 2.22. The summed E-state index contributed by atoms with van der Waals surface area (Å²) in [6.07, 6.45) is 4.07. The van der Waals surface area contributed by atoms with Gasteiger partial charge in [-0.3, -0.25) is 9.59 Å². The zero-order chi connectivity index (χ0) is 22.1. The number of hydrogen-bond donors (Lipinski definition) is 5. The summed E-state index contributed by atoms with van der Waals surface area (Å²) < 4.78 is 0. The summed E-state index contributed by atoms with van der Waals surface area (Å²) in [5.74, 6) is 0.602. The van der Waals surface area contributed by atoms with E-state index in [0.717, 1.165) is 55.7 Å². The molecule has 5 rings (SSSR count). The Bertz CT molecular complexity index is 1080. The molecule has 6 N–H and O–H groups in total. The molecular weight excluding hydrogens is 404 g/mol. The Morgan fingerprint density at radius 2 is 1.84 bits per heavy atom. The van der Waals surface area contributed by atoms with Crippen LogP contribution in [0.2, 0.25) is 0 Å². The Hall–Kier alpha value is -3.39.